The van der Waals surface area contributed by atoms with E-state index >= 15 is 0 Å². The third-order valence-corrected chi connectivity index (χ3v) is 3.19. The Morgan fingerprint density at radius 1 is 1.15 bits per heavy atom. The van der Waals surface area contributed by atoms with Gasteiger partial charge in [-0.2, -0.15) is 0 Å². The highest BCUT2D eigenvalue weighted by molar-refractivity contribution is 5.21. The summed E-state index contributed by atoms with van der Waals surface area (Å²) in [7, 11) is 0. The molecule has 0 heterocycles. The summed E-state index contributed by atoms with van der Waals surface area (Å²) in [6, 6.07) is 10.8. The topological polar surface area (TPSA) is 26.0 Å². The Kier molecular flexibility index (Phi) is 2.65. The van der Waals surface area contributed by atoms with Crippen LogP contribution in [0.25, 0.3) is 0 Å². The Morgan fingerprint density at radius 2 is 1.92 bits per heavy atom. The second kappa shape index (κ2) is 3.93. The van der Waals surface area contributed by atoms with E-state index in [2.05, 4.69) is 30.3 Å². The molecule has 1 fully saturated rings. The van der Waals surface area contributed by atoms with Gasteiger partial charge in [0, 0.05) is 0 Å². The van der Waals surface area contributed by atoms with E-state index in [0.717, 1.165) is 18.4 Å². The van der Waals surface area contributed by atoms with Gasteiger partial charge in [0.25, 0.3) is 0 Å². The highest BCUT2D eigenvalue weighted by atomic mass is 14.6. The summed E-state index contributed by atoms with van der Waals surface area (Å²) >= 11 is 0. The lowest BCUT2D eigenvalue weighted by molar-refractivity contribution is 0.496. The minimum Gasteiger partial charge on any atom is -0.330 e. The van der Waals surface area contributed by atoms with E-state index in [-0.39, 0.29) is 0 Å². The lowest BCUT2D eigenvalue weighted by atomic mass is 9.89. The summed E-state index contributed by atoms with van der Waals surface area (Å²) in [4.78, 5) is 0. The number of benzene rings is 1. The van der Waals surface area contributed by atoms with Crippen molar-refractivity contribution in [1.29, 1.82) is 0 Å². The molecule has 1 aliphatic rings. The van der Waals surface area contributed by atoms with Crippen molar-refractivity contribution in [3.63, 3.8) is 0 Å². The molecule has 1 saturated carbocycles. The summed E-state index contributed by atoms with van der Waals surface area (Å²) in [6.45, 7) is 0.847. The number of nitrogens with two attached hydrogens (primary N) is 1. The maximum Gasteiger partial charge on any atom is -0.00430 e. The number of hydrogen-bond acceptors (Lipinski definition) is 1. The van der Waals surface area contributed by atoms with Gasteiger partial charge >= 0.3 is 0 Å². The molecular formula is C12H17N. The third-order valence-electron chi connectivity index (χ3n) is 3.19. The van der Waals surface area contributed by atoms with Crippen molar-refractivity contribution in [2.24, 2.45) is 11.7 Å². The smallest absolute Gasteiger partial charge is 0.00430 e. The van der Waals surface area contributed by atoms with E-state index in [0.29, 0.717) is 0 Å². The molecule has 2 N–H and O–H groups in total. The molecule has 0 amide bonds. The van der Waals surface area contributed by atoms with Crippen LogP contribution in [-0.2, 0) is 0 Å². The van der Waals surface area contributed by atoms with Crippen molar-refractivity contribution in [2.45, 2.75) is 25.2 Å². The van der Waals surface area contributed by atoms with Crippen molar-refractivity contribution in [1.82, 2.24) is 0 Å². The predicted molar refractivity (Wildman–Crippen MR) is 55.6 cm³/mol. The zero-order valence-corrected chi connectivity index (χ0v) is 7.95. The molecule has 0 aliphatic heterocycles. The molecule has 1 nitrogen and oxygen atoms in total. The molecule has 70 valence electrons. The van der Waals surface area contributed by atoms with E-state index < -0.39 is 0 Å². The molecule has 2 atom stereocenters. The van der Waals surface area contributed by atoms with Gasteiger partial charge in [-0.15, -0.1) is 0 Å². The average Bonchev–Trinajstić information content (AvgIpc) is 2.67. The fourth-order valence-electron chi connectivity index (χ4n) is 2.46. The third kappa shape index (κ3) is 1.75. The van der Waals surface area contributed by atoms with Crippen LogP contribution in [0, 0.1) is 5.92 Å². The van der Waals surface area contributed by atoms with Crippen LogP contribution in [0.2, 0.25) is 0 Å². The molecule has 0 bridgehead atoms. The molecule has 0 aromatic heterocycles. The normalized spacial score (nSPS) is 27.8. The standard InChI is InChI=1S/C12H17N/c13-9-11-7-4-8-12(11)10-5-2-1-3-6-10/h1-3,5-6,11-12H,4,7-9,13H2. The van der Waals surface area contributed by atoms with E-state index in [1.165, 1.54) is 24.8 Å². The minimum atomic E-state index is 0.724. The quantitative estimate of drug-likeness (QED) is 0.734. The molecular weight excluding hydrogens is 158 g/mol. The summed E-state index contributed by atoms with van der Waals surface area (Å²) < 4.78 is 0. The molecule has 1 aromatic carbocycles. The van der Waals surface area contributed by atoms with Gasteiger partial charge in [0.05, 0.1) is 0 Å². The van der Waals surface area contributed by atoms with Crippen LogP contribution in [0.15, 0.2) is 30.3 Å². The predicted octanol–water partition coefficient (Wildman–Crippen LogP) is 2.53. The van der Waals surface area contributed by atoms with Crippen molar-refractivity contribution in [3.05, 3.63) is 35.9 Å². The zero-order chi connectivity index (χ0) is 9.10. The van der Waals surface area contributed by atoms with Crippen molar-refractivity contribution >= 4 is 0 Å². The Morgan fingerprint density at radius 3 is 2.62 bits per heavy atom. The Labute approximate surface area is 80.0 Å². The molecule has 2 rings (SSSR count). The molecule has 1 aliphatic carbocycles. The van der Waals surface area contributed by atoms with Crippen LogP contribution in [0.5, 0.6) is 0 Å². The van der Waals surface area contributed by atoms with E-state index in [1.54, 1.807) is 0 Å². The second-order valence-corrected chi connectivity index (χ2v) is 3.94. The largest absolute Gasteiger partial charge is 0.330 e. The van der Waals surface area contributed by atoms with Gasteiger partial charge in [-0.25, -0.2) is 0 Å². The maximum absolute atomic E-state index is 5.76. The van der Waals surface area contributed by atoms with Crippen LogP contribution in [0.4, 0.5) is 0 Å². The van der Waals surface area contributed by atoms with Gasteiger partial charge in [0.1, 0.15) is 0 Å². The SMILES string of the molecule is NCC1CCCC1c1ccccc1. The van der Waals surface area contributed by atoms with Gasteiger partial charge in [-0.05, 0) is 36.8 Å². The second-order valence-electron chi connectivity index (χ2n) is 3.94. The molecule has 2 unspecified atom stereocenters. The highest BCUT2D eigenvalue weighted by Crippen LogP contribution is 2.38. The van der Waals surface area contributed by atoms with Gasteiger partial charge < -0.3 is 5.73 Å². The number of rotatable bonds is 2. The molecule has 0 saturated heterocycles. The molecule has 1 heteroatoms. The van der Waals surface area contributed by atoms with Crippen LogP contribution < -0.4 is 5.73 Å². The van der Waals surface area contributed by atoms with Gasteiger partial charge in [-0.1, -0.05) is 36.8 Å². The fraction of sp³-hybridized carbons (Fsp3) is 0.500. The van der Waals surface area contributed by atoms with Gasteiger partial charge in [-0.3, -0.25) is 0 Å². The van der Waals surface area contributed by atoms with Crippen molar-refractivity contribution in [2.75, 3.05) is 6.54 Å². The Bertz CT molecular complexity index is 255. The highest BCUT2D eigenvalue weighted by Gasteiger charge is 2.26. The molecule has 0 radical (unpaired) electrons. The van der Waals surface area contributed by atoms with Crippen molar-refractivity contribution < 1.29 is 0 Å². The lowest BCUT2D eigenvalue weighted by Crippen LogP contribution is -2.16. The summed E-state index contributed by atoms with van der Waals surface area (Å²) in [5.41, 5.74) is 7.24. The fourth-order valence-corrected chi connectivity index (χ4v) is 2.46. The summed E-state index contributed by atoms with van der Waals surface area (Å²) in [6.07, 6.45) is 3.99. The van der Waals surface area contributed by atoms with Crippen LogP contribution in [0.3, 0.4) is 0 Å². The van der Waals surface area contributed by atoms with Crippen molar-refractivity contribution in [3.8, 4) is 0 Å². The number of hydrogen-bond donors (Lipinski definition) is 1. The minimum absolute atomic E-state index is 0.724. The van der Waals surface area contributed by atoms with Crippen LogP contribution >= 0.6 is 0 Å². The first kappa shape index (κ1) is 8.76. The zero-order valence-electron chi connectivity index (χ0n) is 7.95. The van der Waals surface area contributed by atoms with E-state index in [1.807, 2.05) is 0 Å². The van der Waals surface area contributed by atoms with E-state index in [9.17, 15) is 0 Å². The first-order valence-corrected chi connectivity index (χ1v) is 5.17. The van der Waals surface area contributed by atoms with E-state index in [4.69, 9.17) is 5.73 Å². The Balaban J connectivity index is 2.16. The summed E-state index contributed by atoms with van der Waals surface area (Å²) in [5, 5.41) is 0. The lowest BCUT2D eigenvalue weighted by Gasteiger charge is -2.17. The molecule has 13 heavy (non-hydrogen) atoms. The van der Waals surface area contributed by atoms with Crippen LogP contribution in [-0.4, -0.2) is 6.54 Å². The van der Waals surface area contributed by atoms with Gasteiger partial charge in [0.15, 0.2) is 0 Å². The average molecular weight is 175 g/mol. The monoisotopic (exact) mass is 175 g/mol. The first-order chi connectivity index (χ1) is 6.42. The Hall–Kier alpha value is -0.820. The van der Waals surface area contributed by atoms with Gasteiger partial charge in [0.2, 0.25) is 0 Å². The molecule has 1 aromatic rings. The molecule has 0 spiro atoms. The maximum atomic E-state index is 5.76. The summed E-state index contributed by atoms with van der Waals surface area (Å²) in [5.74, 6) is 1.45. The van der Waals surface area contributed by atoms with Crippen LogP contribution in [0.1, 0.15) is 30.7 Å². The first-order valence-electron chi connectivity index (χ1n) is 5.17.